The van der Waals surface area contributed by atoms with E-state index in [0.717, 1.165) is 48.7 Å². The van der Waals surface area contributed by atoms with Crippen LogP contribution in [0.2, 0.25) is 0 Å². The van der Waals surface area contributed by atoms with Gasteiger partial charge in [-0.3, -0.25) is 0 Å². The summed E-state index contributed by atoms with van der Waals surface area (Å²) >= 11 is 5.09. The molecule has 8 heteroatoms. The van der Waals surface area contributed by atoms with Gasteiger partial charge >= 0.3 is 8.60 Å². The highest BCUT2D eigenvalue weighted by Crippen LogP contribution is 2.40. The molecule has 0 saturated carbocycles. The van der Waals surface area contributed by atoms with E-state index in [1.807, 2.05) is 30.3 Å². The van der Waals surface area contributed by atoms with Crippen LogP contribution in [0.25, 0.3) is 10.4 Å². The Hall–Kier alpha value is -0.400. The molecule has 0 aliphatic carbocycles. The fourth-order valence-corrected chi connectivity index (χ4v) is 8.83. The topological polar surface area (TPSA) is 36.9 Å². The van der Waals surface area contributed by atoms with Crippen molar-refractivity contribution in [1.29, 1.82) is 0 Å². The van der Waals surface area contributed by atoms with Crippen molar-refractivity contribution >= 4 is 41.5 Å². The number of ether oxygens (including phenoxy) is 1. The number of hydrogen-bond donors (Lipinski definition) is 0. The molecule has 278 valence electrons. The Bertz CT molecular complexity index is 929. The van der Waals surface area contributed by atoms with Crippen LogP contribution in [0, 0.1) is 3.82 Å². The van der Waals surface area contributed by atoms with E-state index < -0.39 is 8.60 Å². The first-order valence-electron chi connectivity index (χ1n) is 19.6. The maximum absolute atomic E-state index is 6.05. The molecule has 48 heavy (non-hydrogen) atoms. The number of benzene rings is 1. The van der Waals surface area contributed by atoms with E-state index in [0.29, 0.717) is 0 Å². The van der Waals surface area contributed by atoms with Crippen LogP contribution in [0.3, 0.4) is 0 Å². The van der Waals surface area contributed by atoms with E-state index in [1.165, 1.54) is 145 Å². The Morgan fingerprint density at radius 2 is 0.854 bits per heavy atom. The molecule has 0 saturated heterocycles. The minimum Gasteiger partial charge on any atom is -0.497 e. The minimum atomic E-state index is -1.16. The quantitative estimate of drug-likeness (QED) is 0.0323. The summed E-state index contributed by atoms with van der Waals surface area (Å²) in [5, 5.41) is 0. The highest BCUT2D eigenvalue weighted by molar-refractivity contribution is 7.80. The molecule has 2 rings (SSSR count). The predicted molar refractivity (Wildman–Crippen MR) is 218 cm³/mol. The Kier molecular flexibility index (Phi) is 33.3. The van der Waals surface area contributed by atoms with Gasteiger partial charge in [-0.1, -0.05) is 189 Å². The number of unbranched alkanes of at least 4 members (excludes halogenated alkanes) is 21. The standard InChI is InChI=1S/C30H63O3P.C10H8OS3/c1-4-7-10-13-16-19-22-25-28-31-34(32-29-26-23-20-17-14-11-8-5-2)33-30-27-24-21-18-15-12-9-6-3;1-11-8-4-2-7(3-5-8)9-6-10(12)14-13-9/h4-30H2,1-3H3;2-6H,1H3. The molecular weight excluding hydrogens is 672 g/mol. The van der Waals surface area contributed by atoms with Crippen molar-refractivity contribution in [2.75, 3.05) is 26.9 Å². The lowest BCUT2D eigenvalue weighted by molar-refractivity contribution is 0.153. The van der Waals surface area contributed by atoms with Crippen LogP contribution in [-0.4, -0.2) is 26.9 Å². The van der Waals surface area contributed by atoms with Crippen LogP contribution in [-0.2, 0) is 13.6 Å². The van der Waals surface area contributed by atoms with Crippen LogP contribution in [0.5, 0.6) is 5.75 Å². The zero-order chi connectivity index (χ0) is 34.8. The van der Waals surface area contributed by atoms with Gasteiger partial charge in [-0.15, -0.1) is 0 Å². The van der Waals surface area contributed by atoms with Crippen molar-refractivity contribution in [3.63, 3.8) is 0 Å². The summed E-state index contributed by atoms with van der Waals surface area (Å²) < 4.78 is 24.2. The lowest BCUT2D eigenvalue weighted by Crippen LogP contribution is -2.00. The van der Waals surface area contributed by atoms with Gasteiger partial charge in [0, 0.05) is 4.88 Å². The summed E-state index contributed by atoms with van der Waals surface area (Å²) in [6.45, 7) is 9.20. The molecule has 4 nitrogen and oxygen atoms in total. The normalized spacial score (nSPS) is 11.2. The average molecular weight is 743 g/mol. The molecule has 0 N–H and O–H groups in total. The van der Waals surface area contributed by atoms with Gasteiger partial charge in [0.25, 0.3) is 0 Å². The predicted octanol–water partition coefficient (Wildman–Crippen LogP) is 15.9. The number of hydrogen-bond acceptors (Lipinski definition) is 7. The van der Waals surface area contributed by atoms with Crippen LogP contribution < -0.4 is 4.74 Å². The summed E-state index contributed by atoms with van der Waals surface area (Å²) in [4.78, 5) is 1.22. The van der Waals surface area contributed by atoms with E-state index in [-0.39, 0.29) is 0 Å². The van der Waals surface area contributed by atoms with Gasteiger partial charge in [0.1, 0.15) is 9.57 Å². The molecule has 0 radical (unpaired) electrons. The highest BCUT2D eigenvalue weighted by Gasteiger charge is 2.12. The van der Waals surface area contributed by atoms with Crippen molar-refractivity contribution in [2.24, 2.45) is 0 Å². The molecule has 0 aliphatic heterocycles. The van der Waals surface area contributed by atoms with Crippen LogP contribution in [0.15, 0.2) is 30.3 Å². The Balaban J connectivity index is 0.000000672. The zero-order valence-corrected chi connectivity index (χ0v) is 34.6. The Labute approximate surface area is 310 Å². The van der Waals surface area contributed by atoms with Gasteiger partial charge in [0.05, 0.1) is 26.9 Å². The largest absolute Gasteiger partial charge is 0.497 e. The van der Waals surface area contributed by atoms with Gasteiger partial charge in [0.15, 0.2) is 0 Å². The molecule has 0 amide bonds. The Morgan fingerprint density at radius 3 is 1.17 bits per heavy atom. The second-order valence-electron chi connectivity index (χ2n) is 12.9. The maximum Gasteiger partial charge on any atom is 0.332 e. The summed E-state index contributed by atoms with van der Waals surface area (Å²) in [6, 6.07) is 10.1. The van der Waals surface area contributed by atoms with E-state index >= 15 is 0 Å². The molecule has 1 aromatic heterocycles. The average Bonchev–Trinajstić information content (AvgIpc) is 3.55. The van der Waals surface area contributed by atoms with Crippen LogP contribution in [0.4, 0.5) is 0 Å². The molecule has 2 aromatic rings. The summed E-state index contributed by atoms with van der Waals surface area (Å²) in [7, 11) is 3.86. The summed E-state index contributed by atoms with van der Waals surface area (Å²) in [5.74, 6) is 0.882. The molecule has 0 unspecified atom stereocenters. The van der Waals surface area contributed by atoms with Gasteiger partial charge in [0.2, 0.25) is 0 Å². The molecule has 1 heterocycles. The third kappa shape index (κ3) is 27.3. The molecule has 0 atom stereocenters. The van der Waals surface area contributed by atoms with Crippen molar-refractivity contribution in [3.8, 4) is 16.2 Å². The molecule has 0 bridgehead atoms. The van der Waals surface area contributed by atoms with E-state index in [4.69, 9.17) is 30.5 Å². The Morgan fingerprint density at radius 1 is 0.500 bits per heavy atom. The maximum atomic E-state index is 6.05. The van der Waals surface area contributed by atoms with Gasteiger partial charge in [-0.25, -0.2) is 0 Å². The van der Waals surface area contributed by atoms with Gasteiger partial charge < -0.3 is 18.3 Å². The first-order chi connectivity index (χ1) is 23.6. The smallest absolute Gasteiger partial charge is 0.332 e. The highest BCUT2D eigenvalue weighted by atomic mass is 32.9. The number of methoxy groups -OCH3 is 1. The second kappa shape index (κ2) is 35.0. The van der Waals surface area contributed by atoms with Gasteiger partial charge in [-0.05, 0) is 55.2 Å². The SMILES string of the molecule is CCCCCCCCCCOP(OCCCCCCCCCC)OCCCCCCCCCC.COc1ccc(-c2cc(=S)ss2)cc1. The monoisotopic (exact) mass is 742 g/mol. The second-order valence-corrected chi connectivity index (χ2v) is 17.0. The minimum absolute atomic E-state index is 0.787. The van der Waals surface area contributed by atoms with E-state index in [1.54, 1.807) is 27.8 Å². The molecule has 0 spiro atoms. The third-order valence-electron chi connectivity index (χ3n) is 8.42. The summed E-state index contributed by atoms with van der Waals surface area (Å²) in [5.41, 5.74) is 1.20. The number of rotatable bonds is 32. The third-order valence-corrected chi connectivity index (χ3v) is 12.5. The van der Waals surface area contributed by atoms with Gasteiger partial charge in [-0.2, -0.15) is 0 Å². The first-order valence-corrected chi connectivity index (χ1v) is 23.2. The van der Waals surface area contributed by atoms with E-state index in [9.17, 15) is 0 Å². The molecular formula is C40H71O4PS3. The fraction of sp³-hybridized carbons (Fsp3) is 0.775. The summed E-state index contributed by atoms with van der Waals surface area (Å²) in [6.07, 6.45) is 31.9. The van der Waals surface area contributed by atoms with Crippen LogP contribution >= 0.6 is 41.5 Å². The lowest BCUT2D eigenvalue weighted by atomic mass is 10.1. The van der Waals surface area contributed by atoms with Crippen LogP contribution in [0.1, 0.15) is 175 Å². The lowest BCUT2D eigenvalue weighted by Gasteiger charge is -2.17. The van der Waals surface area contributed by atoms with Crippen molar-refractivity contribution in [3.05, 3.63) is 34.2 Å². The molecule has 1 aromatic carbocycles. The first kappa shape index (κ1) is 45.6. The van der Waals surface area contributed by atoms with Crippen molar-refractivity contribution < 1.29 is 18.3 Å². The zero-order valence-electron chi connectivity index (χ0n) is 31.3. The molecule has 0 aliphatic rings. The fourth-order valence-electron chi connectivity index (χ4n) is 5.36. The molecule has 0 fully saturated rings. The van der Waals surface area contributed by atoms with Crippen molar-refractivity contribution in [2.45, 2.75) is 175 Å². The van der Waals surface area contributed by atoms with Crippen molar-refractivity contribution in [1.82, 2.24) is 0 Å². The van der Waals surface area contributed by atoms with E-state index in [2.05, 4.69) is 20.8 Å².